The minimum atomic E-state index is -0.384. The highest BCUT2D eigenvalue weighted by Crippen LogP contribution is 2.20. The van der Waals surface area contributed by atoms with Gasteiger partial charge in [-0.1, -0.05) is 23.7 Å². The van der Waals surface area contributed by atoms with Gasteiger partial charge >= 0.3 is 0 Å². The molecular formula is C17H13ClN4O2. The van der Waals surface area contributed by atoms with Gasteiger partial charge in [-0.25, -0.2) is 5.43 Å². The van der Waals surface area contributed by atoms with Crippen LogP contribution in [0.5, 0.6) is 0 Å². The van der Waals surface area contributed by atoms with Crippen molar-refractivity contribution < 1.29 is 9.21 Å². The molecule has 120 valence electrons. The van der Waals surface area contributed by atoms with E-state index < -0.39 is 0 Å². The molecule has 0 radical (unpaired) electrons. The highest BCUT2D eigenvalue weighted by molar-refractivity contribution is 6.30. The predicted molar refractivity (Wildman–Crippen MR) is 92.7 cm³/mol. The van der Waals surface area contributed by atoms with Gasteiger partial charge in [-0.2, -0.15) is 10.2 Å². The number of hydrogen-bond acceptors (Lipinski definition) is 4. The van der Waals surface area contributed by atoms with E-state index in [1.165, 1.54) is 6.21 Å². The molecule has 0 spiro atoms. The van der Waals surface area contributed by atoms with Crippen LogP contribution in [-0.2, 0) is 0 Å². The Labute approximate surface area is 142 Å². The second kappa shape index (κ2) is 7.43. The summed E-state index contributed by atoms with van der Waals surface area (Å²) in [7, 11) is 0. The summed E-state index contributed by atoms with van der Waals surface area (Å²) in [5.74, 6) is 0.319. The molecule has 24 heavy (non-hydrogen) atoms. The van der Waals surface area contributed by atoms with E-state index in [2.05, 4.69) is 20.7 Å². The van der Waals surface area contributed by atoms with E-state index in [-0.39, 0.29) is 5.91 Å². The van der Waals surface area contributed by atoms with Gasteiger partial charge in [0, 0.05) is 16.8 Å². The van der Waals surface area contributed by atoms with E-state index in [4.69, 9.17) is 16.0 Å². The molecule has 3 aromatic rings. The first-order valence-corrected chi connectivity index (χ1v) is 7.45. The average molecular weight is 341 g/mol. The average Bonchev–Trinajstić information content (AvgIpc) is 3.27. The highest BCUT2D eigenvalue weighted by Gasteiger charge is 2.10. The zero-order valence-corrected chi connectivity index (χ0v) is 13.2. The largest absolute Gasteiger partial charge is 0.465 e. The van der Waals surface area contributed by atoms with E-state index in [9.17, 15) is 4.79 Å². The molecular weight excluding hydrogens is 328 g/mol. The topological polar surface area (TPSA) is 83.3 Å². The highest BCUT2D eigenvalue weighted by atomic mass is 35.5. The number of benzene rings is 1. The fourth-order valence-electron chi connectivity index (χ4n) is 1.93. The van der Waals surface area contributed by atoms with E-state index in [1.54, 1.807) is 42.7 Å². The summed E-state index contributed by atoms with van der Waals surface area (Å²) in [5, 5.41) is 11.3. The molecule has 6 nitrogen and oxygen atoms in total. The first-order chi connectivity index (χ1) is 11.7. The van der Waals surface area contributed by atoms with Crippen LogP contribution in [0.1, 0.15) is 16.2 Å². The Balaban J connectivity index is 1.58. The van der Waals surface area contributed by atoms with Crippen LogP contribution in [0.2, 0.25) is 5.02 Å². The lowest BCUT2D eigenvalue weighted by Gasteiger charge is -1.95. The standard InChI is InChI=1S/C17H13ClN4O2/c18-13-7-5-12(6-8-13)15-11-16(21-20-15)17(23)22-19-9-1-3-14-4-2-10-24-14/h1-11H,(H,20,21)(H,22,23)/b3-1+,19-9+. The lowest BCUT2D eigenvalue weighted by molar-refractivity contribution is 0.0950. The molecule has 0 bridgehead atoms. The number of carbonyl (C=O) groups is 1. The molecule has 7 heteroatoms. The van der Waals surface area contributed by atoms with Crippen molar-refractivity contribution in [2.24, 2.45) is 5.10 Å². The number of aromatic nitrogens is 2. The molecule has 0 unspecified atom stereocenters. The summed E-state index contributed by atoms with van der Waals surface area (Å²) >= 11 is 5.85. The van der Waals surface area contributed by atoms with Gasteiger partial charge in [0.1, 0.15) is 11.5 Å². The molecule has 2 aromatic heterocycles. The zero-order valence-electron chi connectivity index (χ0n) is 12.4. The normalized spacial score (nSPS) is 11.4. The Morgan fingerprint density at radius 3 is 2.88 bits per heavy atom. The maximum absolute atomic E-state index is 12.0. The summed E-state index contributed by atoms with van der Waals surface area (Å²) < 4.78 is 5.13. The molecule has 0 saturated heterocycles. The third-order valence-corrected chi connectivity index (χ3v) is 3.34. The van der Waals surface area contributed by atoms with E-state index >= 15 is 0 Å². The Morgan fingerprint density at radius 1 is 1.29 bits per heavy atom. The molecule has 1 aromatic carbocycles. The quantitative estimate of drug-likeness (QED) is 0.548. The second-order valence-electron chi connectivity index (χ2n) is 4.77. The van der Waals surface area contributed by atoms with E-state index in [0.717, 1.165) is 5.56 Å². The lowest BCUT2D eigenvalue weighted by Crippen LogP contribution is -2.17. The van der Waals surface area contributed by atoms with Gasteiger partial charge in [0.05, 0.1) is 12.0 Å². The van der Waals surface area contributed by atoms with Crippen LogP contribution in [-0.4, -0.2) is 22.3 Å². The Bertz CT molecular complexity index is 864. The third-order valence-electron chi connectivity index (χ3n) is 3.09. The number of nitrogens with one attached hydrogen (secondary N) is 2. The Hall–Kier alpha value is -3.12. The van der Waals surface area contributed by atoms with Crippen LogP contribution in [0, 0.1) is 0 Å². The number of aromatic amines is 1. The molecule has 2 heterocycles. The van der Waals surface area contributed by atoms with Gasteiger partial charge in [-0.05, 0) is 42.5 Å². The van der Waals surface area contributed by atoms with Gasteiger partial charge in [0.2, 0.25) is 0 Å². The smallest absolute Gasteiger partial charge is 0.289 e. The van der Waals surface area contributed by atoms with Gasteiger partial charge in [-0.15, -0.1) is 0 Å². The van der Waals surface area contributed by atoms with Gasteiger partial charge in [-0.3, -0.25) is 9.89 Å². The van der Waals surface area contributed by atoms with Crippen molar-refractivity contribution in [3.63, 3.8) is 0 Å². The first kappa shape index (κ1) is 15.8. The van der Waals surface area contributed by atoms with E-state index in [0.29, 0.717) is 22.2 Å². The molecule has 0 aliphatic heterocycles. The van der Waals surface area contributed by atoms with Crippen LogP contribution in [0.25, 0.3) is 17.3 Å². The van der Waals surface area contributed by atoms with Crippen LogP contribution in [0.3, 0.4) is 0 Å². The maximum atomic E-state index is 12.0. The predicted octanol–water partition coefficient (Wildman–Crippen LogP) is 3.75. The van der Waals surface area contributed by atoms with Crippen molar-refractivity contribution in [1.82, 2.24) is 15.6 Å². The SMILES string of the molecule is O=C(N/N=C/C=C/c1ccco1)c1cc(-c2ccc(Cl)cc2)n[nH]1. The fourth-order valence-corrected chi connectivity index (χ4v) is 2.06. The number of amides is 1. The van der Waals surface area contributed by atoms with Crippen LogP contribution in [0.15, 0.2) is 64.3 Å². The van der Waals surface area contributed by atoms with Crippen molar-refractivity contribution in [1.29, 1.82) is 0 Å². The molecule has 0 aliphatic rings. The molecule has 1 amide bonds. The van der Waals surface area contributed by atoms with Gasteiger partial charge in [0.15, 0.2) is 0 Å². The number of nitrogens with zero attached hydrogens (tertiary/aromatic N) is 2. The maximum Gasteiger partial charge on any atom is 0.289 e. The number of H-pyrrole nitrogens is 1. The number of rotatable bonds is 5. The van der Waals surface area contributed by atoms with Gasteiger partial charge in [0.25, 0.3) is 5.91 Å². The molecule has 3 rings (SSSR count). The van der Waals surface area contributed by atoms with Crippen molar-refractivity contribution in [3.8, 4) is 11.3 Å². The third kappa shape index (κ3) is 3.99. The molecule has 0 saturated carbocycles. The number of furan rings is 1. The van der Waals surface area contributed by atoms with Crippen LogP contribution >= 0.6 is 11.6 Å². The fraction of sp³-hybridized carbons (Fsp3) is 0. The zero-order chi connectivity index (χ0) is 16.8. The number of hydrazone groups is 1. The molecule has 2 N–H and O–H groups in total. The first-order valence-electron chi connectivity index (χ1n) is 7.07. The van der Waals surface area contributed by atoms with Crippen molar-refractivity contribution in [2.75, 3.05) is 0 Å². The minimum Gasteiger partial charge on any atom is -0.465 e. The van der Waals surface area contributed by atoms with Crippen molar-refractivity contribution in [2.45, 2.75) is 0 Å². The summed E-state index contributed by atoms with van der Waals surface area (Å²) in [4.78, 5) is 12.0. The van der Waals surface area contributed by atoms with Crippen LogP contribution < -0.4 is 5.43 Å². The number of allylic oxidation sites excluding steroid dienone is 1. The number of halogens is 1. The second-order valence-corrected chi connectivity index (χ2v) is 5.20. The summed E-state index contributed by atoms with van der Waals surface area (Å²) in [6.45, 7) is 0. The lowest BCUT2D eigenvalue weighted by atomic mass is 10.1. The molecule has 0 fully saturated rings. The van der Waals surface area contributed by atoms with Crippen LogP contribution in [0.4, 0.5) is 0 Å². The monoisotopic (exact) mass is 340 g/mol. The molecule has 0 atom stereocenters. The Morgan fingerprint density at radius 2 is 2.12 bits per heavy atom. The molecule has 0 aliphatic carbocycles. The number of hydrogen-bond donors (Lipinski definition) is 2. The summed E-state index contributed by atoms with van der Waals surface area (Å²) in [6, 6.07) is 12.4. The van der Waals surface area contributed by atoms with Crippen molar-refractivity contribution >= 4 is 29.8 Å². The number of carbonyl (C=O) groups excluding carboxylic acids is 1. The van der Waals surface area contributed by atoms with E-state index in [1.807, 2.05) is 18.2 Å². The summed E-state index contributed by atoms with van der Waals surface area (Å²) in [6.07, 6.45) is 6.42. The van der Waals surface area contributed by atoms with Crippen molar-refractivity contribution in [3.05, 3.63) is 71.3 Å². The van der Waals surface area contributed by atoms with Gasteiger partial charge < -0.3 is 4.42 Å². The minimum absolute atomic E-state index is 0.312. The Kier molecular flexibility index (Phi) is 4.88. The summed E-state index contributed by atoms with van der Waals surface area (Å²) in [5.41, 5.74) is 4.23.